The highest BCUT2D eigenvalue weighted by molar-refractivity contribution is 5.93. The van der Waals surface area contributed by atoms with E-state index in [0.717, 1.165) is 22.9 Å². The lowest BCUT2D eigenvalue weighted by Crippen LogP contribution is -2.21. The van der Waals surface area contributed by atoms with Crippen LogP contribution in [0.15, 0.2) is 48.5 Å². The highest BCUT2D eigenvalue weighted by Gasteiger charge is 2.03. The van der Waals surface area contributed by atoms with Gasteiger partial charge in [-0.15, -0.1) is 0 Å². The second-order valence-electron chi connectivity index (χ2n) is 4.36. The van der Waals surface area contributed by atoms with Crippen LogP contribution in [0.25, 0.3) is 0 Å². The molecule has 2 rings (SSSR count). The SMILES string of the molecule is COc1ccc(NC(=O)CNc2cccc(OC)c2)cc1. The lowest BCUT2D eigenvalue weighted by Gasteiger charge is -2.09. The predicted molar refractivity (Wildman–Crippen MR) is 83.1 cm³/mol. The van der Waals surface area contributed by atoms with Crippen LogP contribution in [0.4, 0.5) is 11.4 Å². The van der Waals surface area contributed by atoms with Crippen LogP contribution in [0.3, 0.4) is 0 Å². The van der Waals surface area contributed by atoms with Gasteiger partial charge in [-0.25, -0.2) is 0 Å². The molecule has 0 aliphatic heterocycles. The highest BCUT2D eigenvalue weighted by atomic mass is 16.5. The normalized spacial score (nSPS) is 9.81. The number of amides is 1. The fourth-order valence-electron chi connectivity index (χ4n) is 1.79. The zero-order chi connectivity index (χ0) is 15.1. The molecule has 110 valence electrons. The Bertz CT molecular complexity index is 597. The van der Waals surface area contributed by atoms with E-state index >= 15 is 0 Å². The number of rotatable bonds is 6. The third kappa shape index (κ3) is 4.42. The average molecular weight is 286 g/mol. The summed E-state index contributed by atoms with van der Waals surface area (Å²) in [5, 5.41) is 5.85. The van der Waals surface area contributed by atoms with Crippen LogP contribution in [0.2, 0.25) is 0 Å². The minimum Gasteiger partial charge on any atom is -0.497 e. The fourth-order valence-corrected chi connectivity index (χ4v) is 1.79. The molecule has 0 unspecified atom stereocenters. The van der Waals surface area contributed by atoms with Crippen LogP contribution in [-0.2, 0) is 4.79 Å². The Morgan fingerprint density at radius 1 is 0.952 bits per heavy atom. The largest absolute Gasteiger partial charge is 0.497 e. The number of nitrogens with one attached hydrogen (secondary N) is 2. The quantitative estimate of drug-likeness (QED) is 0.857. The number of hydrogen-bond acceptors (Lipinski definition) is 4. The lowest BCUT2D eigenvalue weighted by atomic mass is 10.3. The van der Waals surface area contributed by atoms with E-state index in [-0.39, 0.29) is 12.5 Å². The Labute approximate surface area is 123 Å². The first-order valence-electron chi connectivity index (χ1n) is 6.53. The molecule has 0 aliphatic carbocycles. The van der Waals surface area contributed by atoms with Crippen LogP contribution in [-0.4, -0.2) is 26.7 Å². The van der Waals surface area contributed by atoms with E-state index in [2.05, 4.69) is 10.6 Å². The number of methoxy groups -OCH3 is 2. The molecule has 0 fully saturated rings. The van der Waals surface area contributed by atoms with Gasteiger partial charge in [-0.3, -0.25) is 4.79 Å². The Morgan fingerprint density at radius 2 is 1.67 bits per heavy atom. The van der Waals surface area contributed by atoms with Gasteiger partial charge in [0.2, 0.25) is 5.91 Å². The van der Waals surface area contributed by atoms with Crippen LogP contribution >= 0.6 is 0 Å². The number of carbonyl (C=O) groups is 1. The average Bonchev–Trinajstić information content (AvgIpc) is 2.54. The zero-order valence-electron chi connectivity index (χ0n) is 12.1. The zero-order valence-corrected chi connectivity index (χ0v) is 12.1. The van der Waals surface area contributed by atoms with E-state index in [4.69, 9.17) is 9.47 Å². The van der Waals surface area contributed by atoms with Crippen LogP contribution in [0.5, 0.6) is 11.5 Å². The predicted octanol–water partition coefficient (Wildman–Crippen LogP) is 2.75. The van der Waals surface area contributed by atoms with Crippen LogP contribution in [0, 0.1) is 0 Å². The Balaban J connectivity index is 1.86. The standard InChI is InChI=1S/C16H18N2O3/c1-20-14-8-6-12(7-9-14)18-16(19)11-17-13-4-3-5-15(10-13)21-2/h3-10,17H,11H2,1-2H3,(H,18,19). The van der Waals surface area contributed by atoms with E-state index < -0.39 is 0 Å². The number of hydrogen-bond donors (Lipinski definition) is 2. The Kier molecular flexibility index (Phi) is 5.04. The summed E-state index contributed by atoms with van der Waals surface area (Å²) in [5.41, 5.74) is 1.56. The molecule has 0 saturated heterocycles. The van der Waals surface area contributed by atoms with Crippen molar-refractivity contribution in [2.75, 3.05) is 31.4 Å². The molecule has 2 aromatic rings. The summed E-state index contributed by atoms with van der Waals surface area (Å²) in [7, 11) is 3.21. The molecule has 0 atom stereocenters. The number of benzene rings is 2. The van der Waals surface area contributed by atoms with Gasteiger partial charge < -0.3 is 20.1 Å². The van der Waals surface area contributed by atoms with Crippen molar-refractivity contribution in [2.45, 2.75) is 0 Å². The molecule has 0 spiro atoms. The summed E-state index contributed by atoms with van der Waals surface area (Å²) in [6.07, 6.45) is 0. The number of anilines is 2. The molecule has 0 heterocycles. The Hall–Kier alpha value is -2.69. The van der Waals surface area contributed by atoms with Crippen molar-refractivity contribution in [1.82, 2.24) is 0 Å². The topological polar surface area (TPSA) is 59.6 Å². The van der Waals surface area contributed by atoms with Gasteiger partial charge in [-0.1, -0.05) is 6.07 Å². The first-order valence-corrected chi connectivity index (χ1v) is 6.53. The first kappa shape index (κ1) is 14.7. The molecule has 21 heavy (non-hydrogen) atoms. The van der Waals surface area contributed by atoms with Crippen molar-refractivity contribution < 1.29 is 14.3 Å². The summed E-state index contributed by atoms with van der Waals surface area (Å²) in [6.45, 7) is 0.180. The lowest BCUT2D eigenvalue weighted by molar-refractivity contribution is -0.114. The maximum absolute atomic E-state index is 11.9. The molecule has 0 saturated carbocycles. The first-order chi connectivity index (χ1) is 10.2. The van der Waals surface area contributed by atoms with Gasteiger partial charge in [-0.2, -0.15) is 0 Å². The smallest absolute Gasteiger partial charge is 0.243 e. The summed E-state index contributed by atoms with van der Waals surface area (Å²) < 4.78 is 10.2. The molecule has 2 N–H and O–H groups in total. The fraction of sp³-hybridized carbons (Fsp3) is 0.188. The van der Waals surface area contributed by atoms with E-state index in [9.17, 15) is 4.79 Å². The van der Waals surface area contributed by atoms with E-state index in [1.54, 1.807) is 38.5 Å². The molecular weight excluding hydrogens is 268 g/mol. The van der Waals surface area contributed by atoms with E-state index in [1.807, 2.05) is 24.3 Å². The molecule has 0 aliphatic rings. The third-order valence-electron chi connectivity index (χ3n) is 2.90. The van der Waals surface area contributed by atoms with Crippen molar-refractivity contribution in [2.24, 2.45) is 0 Å². The Morgan fingerprint density at radius 3 is 2.33 bits per heavy atom. The van der Waals surface area contributed by atoms with Crippen molar-refractivity contribution >= 4 is 17.3 Å². The molecule has 0 aromatic heterocycles. The molecular formula is C16H18N2O3. The van der Waals surface area contributed by atoms with Gasteiger partial charge in [-0.05, 0) is 36.4 Å². The second-order valence-corrected chi connectivity index (χ2v) is 4.36. The van der Waals surface area contributed by atoms with Gasteiger partial charge in [0.05, 0.1) is 20.8 Å². The van der Waals surface area contributed by atoms with Crippen molar-refractivity contribution in [3.8, 4) is 11.5 Å². The molecule has 5 nitrogen and oxygen atoms in total. The van der Waals surface area contributed by atoms with Gasteiger partial charge in [0.15, 0.2) is 0 Å². The maximum atomic E-state index is 11.9. The van der Waals surface area contributed by atoms with Crippen molar-refractivity contribution in [1.29, 1.82) is 0 Å². The van der Waals surface area contributed by atoms with E-state index in [1.165, 1.54) is 0 Å². The summed E-state index contributed by atoms with van der Waals surface area (Å²) in [5.74, 6) is 1.38. The van der Waals surface area contributed by atoms with E-state index in [0.29, 0.717) is 0 Å². The maximum Gasteiger partial charge on any atom is 0.243 e. The highest BCUT2D eigenvalue weighted by Crippen LogP contribution is 2.17. The summed E-state index contributed by atoms with van der Waals surface area (Å²) >= 11 is 0. The number of ether oxygens (including phenoxy) is 2. The second kappa shape index (κ2) is 7.19. The molecule has 2 aromatic carbocycles. The molecule has 0 radical (unpaired) electrons. The third-order valence-corrected chi connectivity index (χ3v) is 2.90. The van der Waals surface area contributed by atoms with Gasteiger partial charge in [0, 0.05) is 17.4 Å². The van der Waals surface area contributed by atoms with Crippen LogP contribution in [0.1, 0.15) is 0 Å². The number of carbonyl (C=O) groups excluding carboxylic acids is 1. The minimum absolute atomic E-state index is 0.122. The van der Waals surface area contributed by atoms with Crippen molar-refractivity contribution in [3.63, 3.8) is 0 Å². The van der Waals surface area contributed by atoms with Gasteiger partial charge in [0.25, 0.3) is 0 Å². The van der Waals surface area contributed by atoms with Gasteiger partial charge >= 0.3 is 0 Å². The minimum atomic E-state index is -0.122. The molecule has 0 bridgehead atoms. The monoisotopic (exact) mass is 286 g/mol. The summed E-state index contributed by atoms with van der Waals surface area (Å²) in [6, 6.07) is 14.6. The van der Waals surface area contributed by atoms with Crippen molar-refractivity contribution in [3.05, 3.63) is 48.5 Å². The molecule has 5 heteroatoms. The van der Waals surface area contributed by atoms with Crippen LogP contribution < -0.4 is 20.1 Å². The van der Waals surface area contributed by atoms with Gasteiger partial charge in [0.1, 0.15) is 11.5 Å². The molecule has 1 amide bonds. The summed E-state index contributed by atoms with van der Waals surface area (Å²) in [4.78, 5) is 11.9.